The van der Waals surface area contributed by atoms with Gasteiger partial charge in [0, 0.05) is 6.04 Å². The van der Waals surface area contributed by atoms with E-state index in [1.165, 1.54) is 19.3 Å². The Morgan fingerprint density at radius 1 is 1.30 bits per heavy atom. The van der Waals surface area contributed by atoms with Crippen molar-refractivity contribution in [2.75, 3.05) is 20.2 Å². The van der Waals surface area contributed by atoms with Gasteiger partial charge in [-0.3, -0.25) is 9.69 Å². The molecule has 1 aliphatic heterocycles. The first-order valence-corrected chi connectivity index (χ1v) is 8.68. The SMILES string of the molecule is COc1ccc([C@@H](NC(=O)CN2CCCC[C@@H]2C)C(C)C)cc1. The smallest absolute Gasteiger partial charge is 0.234 e. The van der Waals surface area contributed by atoms with Crippen molar-refractivity contribution in [1.29, 1.82) is 0 Å². The maximum Gasteiger partial charge on any atom is 0.234 e. The number of ether oxygens (including phenoxy) is 1. The second kappa shape index (κ2) is 8.34. The van der Waals surface area contributed by atoms with Gasteiger partial charge in [-0.15, -0.1) is 0 Å². The Bertz CT molecular complexity index is 499. The first kappa shape index (κ1) is 17.8. The number of nitrogens with one attached hydrogen (secondary N) is 1. The van der Waals surface area contributed by atoms with Crippen LogP contribution in [0.15, 0.2) is 24.3 Å². The summed E-state index contributed by atoms with van der Waals surface area (Å²) in [6, 6.07) is 8.51. The normalized spacial score (nSPS) is 20.3. The summed E-state index contributed by atoms with van der Waals surface area (Å²) in [6.07, 6.45) is 3.67. The fourth-order valence-electron chi connectivity index (χ4n) is 3.24. The van der Waals surface area contributed by atoms with E-state index in [0.717, 1.165) is 17.9 Å². The fourth-order valence-corrected chi connectivity index (χ4v) is 3.24. The molecule has 0 bridgehead atoms. The van der Waals surface area contributed by atoms with E-state index in [1.807, 2.05) is 24.3 Å². The zero-order chi connectivity index (χ0) is 16.8. The van der Waals surface area contributed by atoms with Crippen molar-refractivity contribution in [3.8, 4) is 5.75 Å². The number of amides is 1. The molecule has 1 fully saturated rings. The summed E-state index contributed by atoms with van der Waals surface area (Å²) in [4.78, 5) is 14.8. The summed E-state index contributed by atoms with van der Waals surface area (Å²) in [6.45, 7) is 8.03. The van der Waals surface area contributed by atoms with Crippen LogP contribution >= 0.6 is 0 Å². The maximum atomic E-state index is 12.5. The Balaban J connectivity index is 1.99. The summed E-state index contributed by atoms with van der Waals surface area (Å²) < 4.78 is 5.21. The lowest BCUT2D eigenvalue weighted by Gasteiger charge is -2.33. The molecular weight excluding hydrogens is 288 g/mol. The fraction of sp³-hybridized carbons (Fsp3) is 0.632. The van der Waals surface area contributed by atoms with E-state index in [2.05, 4.69) is 31.0 Å². The minimum Gasteiger partial charge on any atom is -0.497 e. The van der Waals surface area contributed by atoms with Crippen molar-refractivity contribution in [1.82, 2.24) is 10.2 Å². The first-order valence-electron chi connectivity index (χ1n) is 8.68. The molecule has 0 spiro atoms. The Morgan fingerprint density at radius 3 is 2.57 bits per heavy atom. The second-order valence-electron chi connectivity index (χ2n) is 6.88. The molecule has 2 atom stereocenters. The third kappa shape index (κ3) is 4.96. The quantitative estimate of drug-likeness (QED) is 0.874. The molecule has 0 radical (unpaired) electrons. The standard InChI is InChI=1S/C19H30N2O2/c1-14(2)19(16-8-10-17(23-4)11-9-16)20-18(22)13-21-12-6-5-7-15(21)3/h8-11,14-15,19H,5-7,12-13H2,1-4H3,(H,20,22)/t15-,19-/m0/s1. The molecule has 1 N–H and O–H groups in total. The topological polar surface area (TPSA) is 41.6 Å². The predicted octanol–water partition coefficient (Wildman–Crippen LogP) is 3.38. The van der Waals surface area contributed by atoms with Gasteiger partial charge >= 0.3 is 0 Å². The van der Waals surface area contributed by atoms with Gasteiger partial charge < -0.3 is 10.1 Å². The van der Waals surface area contributed by atoms with Gasteiger partial charge in [-0.05, 0) is 49.9 Å². The van der Waals surface area contributed by atoms with E-state index in [-0.39, 0.29) is 11.9 Å². The summed E-state index contributed by atoms with van der Waals surface area (Å²) >= 11 is 0. The van der Waals surface area contributed by atoms with E-state index >= 15 is 0 Å². The Labute approximate surface area is 140 Å². The van der Waals surface area contributed by atoms with E-state index in [9.17, 15) is 4.79 Å². The molecule has 4 heteroatoms. The van der Waals surface area contributed by atoms with E-state index in [1.54, 1.807) is 7.11 Å². The molecule has 0 unspecified atom stereocenters. The van der Waals surface area contributed by atoms with Crippen LogP contribution in [0.1, 0.15) is 51.6 Å². The third-order valence-corrected chi connectivity index (χ3v) is 4.75. The van der Waals surface area contributed by atoms with Gasteiger partial charge in [-0.25, -0.2) is 0 Å². The highest BCUT2D eigenvalue weighted by atomic mass is 16.5. The van der Waals surface area contributed by atoms with Crippen molar-refractivity contribution in [3.05, 3.63) is 29.8 Å². The van der Waals surface area contributed by atoms with Crippen LogP contribution in [0.25, 0.3) is 0 Å². The highest BCUT2D eigenvalue weighted by Crippen LogP contribution is 2.24. The lowest BCUT2D eigenvalue weighted by Crippen LogP contribution is -2.45. The Kier molecular flexibility index (Phi) is 6.46. The molecule has 1 aromatic carbocycles. The molecule has 1 aliphatic rings. The maximum absolute atomic E-state index is 12.5. The number of carbonyl (C=O) groups is 1. The molecule has 1 heterocycles. The first-order chi connectivity index (χ1) is 11.0. The van der Waals surface area contributed by atoms with Crippen LogP contribution in [-0.4, -0.2) is 37.0 Å². The summed E-state index contributed by atoms with van der Waals surface area (Å²) in [5.74, 6) is 1.30. The summed E-state index contributed by atoms with van der Waals surface area (Å²) in [7, 11) is 1.66. The molecule has 0 aromatic heterocycles. The van der Waals surface area contributed by atoms with Gasteiger partial charge in [-0.2, -0.15) is 0 Å². The van der Waals surface area contributed by atoms with Gasteiger partial charge in [0.15, 0.2) is 0 Å². The van der Waals surface area contributed by atoms with Crippen molar-refractivity contribution >= 4 is 5.91 Å². The summed E-state index contributed by atoms with van der Waals surface area (Å²) in [5, 5.41) is 3.22. The number of hydrogen-bond donors (Lipinski definition) is 1. The molecule has 1 saturated heterocycles. The van der Waals surface area contributed by atoms with Gasteiger partial charge in [-0.1, -0.05) is 32.4 Å². The number of piperidine rings is 1. The predicted molar refractivity (Wildman–Crippen MR) is 93.6 cm³/mol. The largest absolute Gasteiger partial charge is 0.497 e. The molecule has 0 aliphatic carbocycles. The average molecular weight is 318 g/mol. The van der Waals surface area contributed by atoms with Gasteiger partial charge in [0.05, 0.1) is 19.7 Å². The van der Waals surface area contributed by atoms with Gasteiger partial charge in [0.25, 0.3) is 0 Å². The minimum absolute atomic E-state index is 0.0357. The molecule has 23 heavy (non-hydrogen) atoms. The molecule has 2 rings (SSSR count). The molecule has 4 nitrogen and oxygen atoms in total. The Hall–Kier alpha value is -1.55. The van der Waals surface area contributed by atoms with E-state index < -0.39 is 0 Å². The number of nitrogens with zero attached hydrogens (tertiary/aromatic N) is 1. The average Bonchev–Trinajstić information content (AvgIpc) is 2.55. The number of carbonyl (C=O) groups excluding carboxylic acids is 1. The molecular formula is C19H30N2O2. The van der Waals surface area contributed by atoms with E-state index in [0.29, 0.717) is 18.5 Å². The number of hydrogen-bond acceptors (Lipinski definition) is 3. The molecule has 1 amide bonds. The third-order valence-electron chi connectivity index (χ3n) is 4.75. The van der Waals surface area contributed by atoms with Crippen LogP contribution in [0, 0.1) is 5.92 Å². The van der Waals surface area contributed by atoms with Crippen LogP contribution in [0.3, 0.4) is 0 Å². The van der Waals surface area contributed by atoms with Crippen LogP contribution in [0.5, 0.6) is 5.75 Å². The van der Waals surface area contributed by atoms with Crippen LogP contribution in [-0.2, 0) is 4.79 Å². The van der Waals surface area contributed by atoms with Crippen molar-refractivity contribution < 1.29 is 9.53 Å². The van der Waals surface area contributed by atoms with E-state index in [4.69, 9.17) is 4.74 Å². The molecule has 1 aromatic rings. The summed E-state index contributed by atoms with van der Waals surface area (Å²) in [5.41, 5.74) is 1.13. The second-order valence-corrected chi connectivity index (χ2v) is 6.88. The molecule has 0 saturated carbocycles. The van der Waals surface area contributed by atoms with Gasteiger partial charge in [0.1, 0.15) is 5.75 Å². The van der Waals surface area contributed by atoms with Crippen molar-refractivity contribution in [3.63, 3.8) is 0 Å². The molecule has 128 valence electrons. The van der Waals surface area contributed by atoms with Crippen molar-refractivity contribution in [2.45, 2.75) is 52.1 Å². The number of benzene rings is 1. The van der Waals surface area contributed by atoms with Gasteiger partial charge in [0.2, 0.25) is 5.91 Å². The lowest BCUT2D eigenvalue weighted by atomic mass is 9.96. The number of methoxy groups -OCH3 is 1. The number of rotatable bonds is 6. The Morgan fingerprint density at radius 2 is 2.00 bits per heavy atom. The monoisotopic (exact) mass is 318 g/mol. The van der Waals surface area contributed by atoms with Crippen molar-refractivity contribution in [2.24, 2.45) is 5.92 Å². The zero-order valence-electron chi connectivity index (χ0n) is 14.8. The highest BCUT2D eigenvalue weighted by Gasteiger charge is 2.23. The lowest BCUT2D eigenvalue weighted by molar-refractivity contribution is -0.124. The zero-order valence-corrected chi connectivity index (χ0v) is 14.8. The highest BCUT2D eigenvalue weighted by molar-refractivity contribution is 5.78. The minimum atomic E-state index is 0.0357. The van der Waals surface area contributed by atoms with Crippen LogP contribution < -0.4 is 10.1 Å². The van der Waals surface area contributed by atoms with Crippen LogP contribution in [0.2, 0.25) is 0 Å². The number of likely N-dealkylation sites (tertiary alicyclic amines) is 1. The van der Waals surface area contributed by atoms with Crippen LogP contribution in [0.4, 0.5) is 0 Å².